The van der Waals surface area contributed by atoms with Gasteiger partial charge in [-0.05, 0) is 54.5 Å². The second kappa shape index (κ2) is 23.6. The number of aliphatic carboxylic acids is 1. The fourth-order valence-corrected chi connectivity index (χ4v) is 10.4. The molecule has 4 aromatic rings. The van der Waals surface area contributed by atoms with Crippen LogP contribution in [0, 0.1) is 18.7 Å². The van der Waals surface area contributed by atoms with Crippen LogP contribution in [-0.2, 0) is 89.0 Å². The number of hydrogen-bond donors (Lipinski definition) is 8. The number of halogens is 1. The van der Waals surface area contributed by atoms with Crippen LogP contribution in [0.1, 0.15) is 78.1 Å². The number of likely N-dealkylation sites (tertiary alicyclic amines) is 1. The van der Waals surface area contributed by atoms with Gasteiger partial charge in [-0.3, -0.25) is 52.8 Å². The number of carboxylic acids is 1. The summed E-state index contributed by atoms with van der Waals surface area (Å²) in [6, 6.07) is 8.13. The Morgan fingerprint density at radius 1 is 0.924 bits per heavy atom. The van der Waals surface area contributed by atoms with Crippen LogP contribution in [0.5, 0.6) is 0 Å². The van der Waals surface area contributed by atoms with Crippen LogP contribution in [0.25, 0.3) is 22.3 Å². The van der Waals surface area contributed by atoms with Gasteiger partial charge in [-0.1, -0.05) is 44.2 Å². The zero-order valence-electron chi connectivity index (χ0n) is 43.6. The number of aryl methyl sites for hydroxylation is 1. The van der Waals surface area contributed by atoms with E-state index in [0.29, 0.717) is 57.4 Å². The molecular formula is C53H59FN10O15. The molecule has 8 rings (SSSR count). The number of hydrogen-bond acceptors (Lipinski definition) is 16. The maximum atomic E-state index is 15.5. The van der Waals surface area contributed by atoms with E-state index in [4.69, 9.17) is 19.6 Å². The predicted octanol–water partition coefficient (Wildman–Crippen LogP) is -1.42. The molecular weight excluding hydrogens is 1040 g/mol. The van der Waals surface area contributed by atoms with E-state index in [1.54, 1.807) is 57.3 Å². The van der Waals surface area contributed by atoms with Gasteiger partial charge >= 0.3 is 11.9 Å². The van der Waals surface area contributed by atoms with Gasteiger partial charge < -0.3 is 61.1 Å². The van der Waals surface area contributed by atoms with Gasteiger partial charge in [-0.25, -0.2) is 14.2 Å². The molecule has 5 atom stereocenters. The lowest BCUT2D eigenvalue weighted by Crippen LogP contribution is -2.56. The van der Waals surface area contributed by atoms with Gasteiger partial charge in [0.25, 0.3) is 5.56 Å². The number of cyclic esters (lactones) is 1. The number of nitrogens with zero attached hydrogens (tertiary/aromatic N) is 4. The fourth-order valence-electron chi connectivity index (χ4n) is 10.4. The number of aliphatic hydroxyl groups is 1. The first-order valence-electron chi connectivity index (χ1n) is 25.5. The summed E-state index contributed by atoms with van der Waals surface area (Å²) in [4.78, 5) is 149. The number of carboxylic acid groups (broad SMARTS) is 1. The molecule has 8 N–H and O–H groups in total. The average Bonchev–Trinajstić information content (AvgIpc) is 4.20. The first kappa shape index (κ1) is 56.7. The molecule has 4 aliphatic rings. The minimum Gasteiger partial charge on any atom is -0.480 e. The lowest BCUT2D eigenvalue weighted by Gasteiger charge is -2.35. The quantitative estimate of drug-likeness (QED) is 0.0171. The van der Waals surface area contributed by atoms with E-state index < -0.39 is 146 Å². The van der Waals surface area contributed by atoms with Crippen molar-refractivity contribution in [1.82, 2.24) is 51.3 Å². The van der Waals surface area contributed by atoms with Gasteiger partial charge in [0.1, 0.15) is 37.8 Å². The largest absolute Gasteiger partial charge is 0.480 e. The molecule has 8 amide bonds. The van der Waals surface area contributed by atoms with Crippen LogP contribution in [0.3, 0.4) is 0 Å². The summed E-state index contributed by atoms with van der Waals surface area (Å²) in [5, 5.41) is 35.6. The maximum Gasteiger partial charge on any atom is 0.343 e. The van der Waals surface area contributed by atoms with Crippen LogP contribution in [0.2, 0.25) is 0 Å². The standard InChI is InChI=1S/C53H59FN10O15/c1-5-53(77)32-15-37-47-30(22-63(37)51(75)31(32)23-79-52(53)76)46-36(12-11-29-27(3)33(54)16-34(61-47)45(29)46)62(4)43(69)24-78-25-59-40(66)19-57-48(72)35(14-28-9-7-6-8-10-28)60-41(67)20-56-39(65)18-58-49(73)38(17-55-21-44(70)71)64-42(68)13-26(2)50(64)74/h6-10,15-16,26,35-36,38,55,77H,5,11-14,17-25H2,1-4H3,(H,56,65)(H,57,72)(H,58,73)(H,59,66)(H,60,67)(H,70,71)/t26?,35-,36-,38?,53-/m0/s1. The molecule has 0 bridgehead atoms. The SMILES string of the molecule is CC[C@@]1(O)C(=O)OCc2c1cc1n(c2=O)Cc2c-1nc1cc(F)c(C)c3c1c2[C@@H](N(C)C(=O)COCNC(=O)CNC(=O)[C@H](Cc1ccccc1)NC(=O)CNC(=O)CNC(=O)C(CNCC(=O)O)N1C(=O)CC(C)C1=O)CC3. The van der Waals surface area contributed by atoms with Gasteiger partial charge in [-0.2, -0.15) is 0 Å². The summed E-state index contributed by atoms with van der Waals surface area (Å²) < 4.78 is 27.7. The van der Waals surface area contributed by atoms with E-state index in [1.807, 2.05) is 0 Å². The third-order valence-electron chi connectivity index (χ3n) is 14.7. The van der Waals surface area contributed by atoms with E-state index in [9.17, 15) is 57.8 Å². The number of aromatic nitrogens is 2. The number of nitrogens with one attached hydrogen (secondary N) is 6. The average molecular weight is 1100 g/mol. The third-order valence-corrected chi connectivity index (χ3v) is 14.7. The number of benzene rings is 2. The van der Waals surface area contributed by atoms with Crippen LogP contribution in [0.4, 0.5) is 4.39 Å². The van der Waals surface area contributed by atoms with Crippen molar-refractivity contribution in [2.75, 3.05) is 53.1 Å². The molecule has 418 valence electrons. The molecule has 0 saturated carbocycles. The number of fused-ring (bicyclic) bond motifs is 5. The molecule has 5 heterocycles. The minimum atomic E-state index is -2.07. The Morgan fingerprint density at radius 2 is 1.62 bits per heavy atom. The number of amides is 8. The second-order valence-corrected chi connectivity index (χ2v) is 19.7. The molecule has 1 aliphatic carbocycles. The molecule has 2 aromatic heterocycles. The molecule has 0 spiro atoms. The molecule has 3 aliphatic heterocycles. The minimum absolute atomic E-state index is 0.0300. The summed E-state index contributed by atoms with van der Waals surface area (Å²) in [6.45, 7) is 0.614. The van der Waals surface area contributed by atoms with Crippen molar-refractivity contribution in [2.45, 2.75) is 89.8 Å². The van der Waals surface area contributed by atoms with Crippen molar-refractivity contribution in [3.05, 3.63) is 97.6 Å². The highest BCUT2D eigenvalue weighted by Crippen LogP contribution is 2.47. The Labute approximate surface area is 449 Å². The smallest absolute Gasteiger partial charge is 0.343 e. The number of ether oxygens (including phenoxy) is 2. The van der Waals surface area contributed by atoms with Crippen molar-refractivity contribution < 1.29 is 72.0 Å². The maximum absolute atomic E-state index is 15.5. The third kappa shape index (κ3) is 11.7. The summed E-state index contributed by atoms with van der Waals surface area (Å²) in [7, 11) is 1.58. The Balaban J connectivity index is 0.847. The number of likely N-dealkylation sites (N-methyl/N-ethyl adjacent to an activating group) is 1. The van der Waals surface area contributed by atoms with Crippen molar-refractivity contribution in [1.29, 1.82) is 0 Å². The second-order valence-electron chi connectivity index (χ2n) is 19.7. The Kier molecular flexibility index (Phi) is 17.0. The van der Waals surface area contributed by atoms with Crippen molar-refractivity contribution in [3.8, 4) is 11.4 Å². The zero-order valence-corrected chi connectivity index (χ0v) is 43.6. The first-order valence-corrected chi connectivity index (χ1v) is 25.5. The monoisotopic (exact) mass is 1090 g/mol. The molecule has 2 aromatic carbocycles. The van der Waals surface area contributed by atoms with Gasteiger partial charge in [-0.15, -0.1) is 0 Å². The first-order chi connectivity index (χ1) is 37.6. The molecule has 0 radical (unpaired) electrons. The van der Waals surface area contributed by atoms with Crippen LogP contribution in [0.15, 0.2) is 47.3 Å². The van der Waals surface area contributed by atoms with Gasteiger partial charge in [0.05, 0.1) is 61.2 Å². The topological polar surface area (TPSA) is 343 Å². The van der Waals surface area contributed by atoms with E-state index >= 15 is 4.39 Å². The molecule has 26 heteroatoms. The van der Waals surface area contributed by atoms with E-state index in [1.165, 1.54) is 22.5 Å². The van der Waals surface area contributed by atoms with Crippen LogP contribution < -0.4 is 37.5 Å². The fraction of sp³-hybridized carbons (Fsp3) is 0.434. The zero-order chi connectivity index (χ0) is 57.0. The van der Waals surface area contributed by atoms with Gasteiger partial charge in [0.15, 0.2) is 5.60 Å². The lowest BCUT2D eigenvalue weighted by atomic mass is 9.81. The number of imide groups is 1. The molecule has 25 nitrogen and oxygen atoms in total. The highest BCUT2D eigenvalue weighted by molar-refractivity contribution is 6.07. The number of rotatable bonds is 22. The van der Waals surface area contributed by atoms with E-state index in [0.717, 1.165) is 10.5 Å². The molecule has 1 saturated heterocycles. The number of carbonyl (C=O) groups excluding carboxylic acids is 9. The van der Waals surface area contributed by atoms with Crippen LogP contribution >= 0.6 is 0 Å². The van der Waals surface area contributed by atoms with E-state index in [-0.39, 0.29) is 43.5 Å². The van der Waals surface area contributed by atoms with Gasteiger partial charge in [0, 0.05) is 54.9 Å². The highest BCUT2D eigenvalue weighted by atomic mass is 19.1. The summed E-state index contributed by atoms with van der Waals surface area (Å²) in [5.74, 6) is -9.17. The Hall–Kier alpha value is -8.49. The summed E-state index contributed by atoms with van der Waals surface area (Å²) in [5.41, 5.74) is 1.73. The Bertz CT molecular complexity index is 3260. The lowest BCUT2D eigenvalue weighted by molar-refractivity contribution is -0.172. The summed E-state index contributed by atoms with van der Waals surface area (Å²) >= 11 is 0. The predicted molar refractivity (Wildman–Crippen MR) is 273 cm³/mol. The highest BCUT2D eigenvalue weighted by Gasteiger charge is 2.47. The molecule has 2 unspecified atom stereocenters. The number of pyridine rings is 2. The number of esters is 1. The van der Waals surface area contributed by atoms with E-state index in [2.05, 4.69) is 31.9 Å². The normalized spacial score (nSPS) is 18.6. The van der Waals surface area contributed by atoms with Crippen molar-refractivity contribution in [2.24, 2.45) is 5.92 Å². The summed E-state index contributed by atoms with van der Waals surface area (Å²) in [6.07, 6.45) is 0.519. The molecule has 1 fully saturated rings. The van der Waals surface area contributed by atoms with Crippen molar-refractivity contribution in [3.63, 3.8) is 0 Å². The van der Waals surface area contributed by atoms with Crippen LogP contribution in [-0.4, -0.2) is 154 Å². The number of carbonyl (C=O) groups is 10. The van der Waals surface area contributed by atoms with Crippen molar-refractivity contribution >= 4 is 70.1 Å². The van der Waals surface area contributed by atoms with Gasteiger partial charge in [0.2, 0.25) is 47.3 Å². The molecule has 79 heavy (non-hydrogen) atoms. The Morgan fingerprint density at radius 3 is 2.30 bits per heavy atom.